The van der Waals surface area contributed by atoms with Crippen LogP contribution in [0.5, 0.6) is 0 Å². The molecule has 0 aromatic heterocycles. The number of ether oxygens (including phenoxy) is 1. The zero-order valence-corrected chi connectivity index (χ0v) is 16.5. The minimum absolute atomic E-state index is 0.206. The molecule has 1 aromatic carbocycles. The first kappa shape index (κ1) is 18.3. The number of fused-ring (bicyclic) bond motifs is 1. The van der Waals surface area contributed by atoms with E-state index in [0.29, 0.717) is 18.0 Å². The maximum absolute atomic E-state index is 13.1. The van der Waals surface area contributed by atoms with Crippen LogP contribution in [0.15, 0.2) is 23.1 Å². The van der Waals surface area contributed by atoms with Crippen LogP contribution in [0, 0.1) is 5.92 Å². The van der Waals surface area contributed by atoms with Crippen LogP contribution in [0.4, 0.5) is 0 Å². The van der Waals surface area contributed by atoms with Crippen LogP contribution in [-0.2, 0) is 22.5 Å². The molecule has 1 N–H and O–H groups in total. The van der Waals surface area contributed by atoms with Gasteiger partial charge in [0.05, 0.1) is 0 Å². The summed E-state index contributed by atoms with van der Waals surface area (Å²) >= 11 is 1.77. The highest BCUT2D eigenvalue weighted by atomic mass is 32.2. The van der Waals surface area contributed by atoms with Crippen molar-refractivity contribution in [3.63, 3.8) is 0 Å². The topological polar surface area (TPSA) is 41.6 Å². The lowest BCUT2D eigenvalue weighted by atomic mass is 9.97. The van der Waals surface area contributed by atoms with E-state index in [1.807, 2.05) is 0 Å². The van der Waals surface area contributed by atoms with E-state index in [-0.39, 0.29) is 5.92 Å². The number of thioether (sulfide) groups is 1. The van der Waals surface area contributed by atoms with E-state index in [0.717, 1.165) is 64.8 Å². The van der Waals surface area contributed by atoms with E-state index in [1.165, 1.54) is 16.0 Å². The Labute approximate surface area is 161 Å². The Bertz CT molecular complexity index is 645. The van der Waals surface area contributed by atoms with Gasteiger partial charge in [0.1, 0.15) is 0 Å². The molecule has 0 spiro atoms. The Morgan fingerprint density at radius 2 is 2.00 bits per heavy atom. The number of benzene rings is 1. The molecule has 1 aromatic rings. The summed E-state index contributed by atoms with van der Waals surface area (Å²) in [5.41, 5.74) is 2.75. The predicted octanol–water partition coefficient (Wildman–Crippen LogP) is 3.23. The molecule has 1 saturated carbocycles. The van der Waals surface area contributed by atoms with Crippen molar-refractivity contribution in [2.24, 2.45) is 5.92 Å². The number of nitrogens with one attached hydrogen (secondary N) is 1. The second-order valence-electron chi connectivity index (χ2n) is 7.90. The van der Waals surface area contributed by atoms with Crippen LogP contribution >= 0.6 is 11.8 Å². The summed E-state index contributed by atoms with van der Waals surface area (Å²) in [7, 11) is 0. The molecule has 4 nitrogen and oxygen atoms in total. The maximum Gasteiger partial charge on any atom is 0.226 e. The lowest BCUT2D eigenvalue weighted by Gasteiger charge is -2.31. The van der Waals surface area contributed by atoms with Gasteiger partial charge in [0, 0.05) is 49.2 Å². The summed E-state index contributed by atoms with van der Waals surface area (Å²) in [6.45, 7) is 3.41. The van der Waals surface area contributed by atoms with Gasteiger partial charge in [0.2, 0.25) is 5.91 Å². The lowest BCUT2D eigenvalue weighted by molar-refractivity contribution is -0.136. The van der Waals surface area contributed by atoms with E-state index >= 15 is 0 Å². The second kappa shape index (κ2) is 8.32. The minimum Gasteiger partial charge on any atom is -0.381 e. The molecule has 1 saturated heterocycles. The van der Waals surface area contributed by atoms with Crippen molar-refractivity contribution in [3.05, 3.63) is 29.3 Å². The van der Waals surface area contributed by atoms with Crippen molar-refractivity contribution in [1.82, 2.24) is 10.2 Å². The van der Waals surface area contributed by atoms with Gasteiger partial charge in [-0.05, 0) is 68.0 Å². The first-order valence-corrected chi connectivity index (χ1v) is 11.2. The number of amides is 1. The summed E-state index contributed by atoms with van der Waals surface area (Å²) < 4.78 is 5.45. The molecule has 0 radical (unpaired) electrons. The molecular formula is C21H30N2O2S. The Kier molecular flexibility index (Phi) is 5.87. The van der Waals surface area contributed by atoms with Crippen LogP contribution in [0.25, 0.3) is 0 Å². The summed E-state index contributed by atoms with van der Waals surface area (Å²) in [5.74, 6) is 0.583. The monoisotopic (exact) mass is 374 g/mol. The van der Waals surface area contributed by atoms with Gasteiger partial charge >= 0.3 is 0 Å². The fraction of sp³-hybridized carbons (Fsp3) is 0.667. The minimum atomic E-state index is 0.206. The van der Waals surface area contributed by atoms with Gasteiger partial charge in [0.15, 0.2) is 0 Å². The number of hydrogen-bond donors (Lipinski definition) is 1. The van der Waals surface area contributed by atoms with Gasteiger partial charge in [-0.25, -0.2) is 0 Å². The highest BCUT2D eigenvalue weighted by Gasteiger charge is 2.34. The van der Waals surface area contributed by atoms with Gasteiger partial charge in [-0.3, -0.25) is 4.79 Å². The Morgan fingerprint density at radius 1 is 1.15 bits per heavy atom. The average Bonchev–Trinajstić information content (AvgIpc) is 3.15. The zero-order valence-electron chi connectivity index (χ0n) is 15.7. The largest absolute Gasteiger partial charge is 0.381 e. The number of nitrogens with zero attached hydrogens (tertiary/aromatic N) is 1. The van der Waals surface area contributed by atoms with E-state index in [1.54, 1.807) is 11.8 Å². The van der Waals surface area contributed by atoms with Crippen molar-refractivity contribution in [2.45, 2.75) is 62.0 Å². The van der Waals surface area contributed by atoms with Crippen molar-refractivity contribution >= 4 is 17.7 Å². The molecular weight excluding hydrogens is 344 g/mol. The van der Waals surface area contributed by atoms with Crippen molar-refractivity contribution < 1.29 is 9.53 Å². The summed E-state index contributed by atoms with van der Waals surface area (Å²) in [6, 6.07) is 7.79. The summed E-state index contributed by atoms with van der Waals surface area (Å²) in [5, 5.41) is 3.78. The fourth-order valence-corrected chi connectivity index (χ4v) is 5.13. The van der Waals surface area contributed by atoms with Crippen LogP contribution in [-0.4, -0.2) is 48.9 Å². The van der Waals surface area contributed by atoms with Gasteiger partial charge in [-0.1, -0.05) is 6.07 Å². The molecule has 1 amide bonds. The van der Waals surface area contributed by atoms with Gasteiger partial charge in [-0.2, -0.15) is 0 Å². The number of carbonyl (C=O) groups excluding carboxylic acids is 1. The van der Waals surface area contributed by atoms with Crippen LogP contribution in [0.2, 0.25) is 0 Å². The quantitative estimate of drug-likeness (QED) is 0.822. The Morgan fingerprint density at radius 3 is 2.81 bits per heavy atom. The maximum atomic E-state index is 13.1. The van der Waals surface area contributed by atoms with Gasteiger partial charge in [0.25, 0.3) is 0 Å². The second-order valence-corrected chi connectivity index (χ2v) is 8.78. The molecule has 4 rings (SSSR count). The number of rotatable bonds is 4. The third-order valence-corrected chi connectivity index (χ3v) is 6.94. The first-order valence-electron chi connectivity index (χ1n) is 10.0. The van der Waals surface area contributed by atoms with Crippen LogP contribution in [0.3, 0.4) is 0 Å². The molecule has 2 atom stereocenters. The molecule has 1 aliphatic carbocycles. The molecule has 5 heteroatoms. The normalized spacial score (nSPS) is 26.7. The zero-order chi connectivity index (χ0) is 17.9. The van der Waals surface area contributed by atoms with Gasteiger partial charge in [-0.15, -0.1) is 11.8 Å². The van der Waals surface area contributed by atoms with E-state index < -0.39 is 0 Å². The highest BCUT2D eigenvalue weighted by Crippen LogP contribution is 2.31. The standard InChI is InChI=1S/C21H30N2O2S/c1-26-20-5-3-15-6-9-23(14-17(15)13-20)21(24)16-2-4-19(12-16)22-18-7-10-25-11-8-18/h3,5,13,16,18-19,22H,2,4,6-12,14H2,1H3. The third kappa shape index (κ3) is 4.10. The number of carbonyl (C=O) groups is 1. The molecule has 0 bridgehead atoms. The smallest absolute Gasteiger partial charge is 0.226 e. The van der Waals surface area contributed by atoms with Crippen molar-refractivity contribution in [3.8, 4) is 0 Å². The highest BCUT2D eigenvalue weighted by molar-refractivity contribution is 7.98. The van der Waals surface area contributed by atoms with Crippen molar-refractivity contribution in [2.75, 3.05) is 26.0 Å². The molecule has 2 fully saturated rings. The van der Waals surface area contributed by atoms with Crippen LogP contribution in [0.1, 0.15) is 43.2 Å². The van der Waals surface area contributed by atoms with E-state index in [4.69, 9.17) is 4.74 Å². The molecule has 3 aliphatic rings. The molecule has 26 heavy (non-hydrogen) atoms. The third-order valence-electron chi connectivity index (χ3n) is 6.21. The average molecular weight is 375 g/mol. The molecule has 2 unspecified atom stereocenters. The fourth-order valence-electron chi connectivity index (χ4n) is 4.66. The number of hydrogen-bond acceptors (Lipinski definition) is 4. The Balaban J connectivity index is 1.33. The Hall–Kier alpha value is -1.04. The van der Waals surface area contributed by atoms with Gasteiger partial charge < -0.3 is 15.0 Å². The molecule has 2 heterocycles. The van der Waals surface area contributed by atoms with Crippen LogP contribution < -0.4 is 5.32 Å². The summed E-state index contributed by atoms with van der Waals surface area (Å²) in [6.07, 6.45) is 8.49. The summed E-state index contributed by atoms with van der Waals surface area (Å²) in [4.78, 5) is 16.5. The van der Waals surface area contributed by atoms with E-state index in [2.05, 4.69) is 34.7 Å². The lowest BCUT2D eigenvalue weighted by Crippen LogP contribution is -2.42. The molecule has 142 valence electrons. The SMILES string of the molecule is CSc1ccc2c(c1)CN(C(=O)C1CCC(NC3CCOCC3)C1)CC2. The van der Waals surface area contributed by atoms with Crippen molar-refractivity contribution in [1.29, 1.82) is 0 Å². The molecule has 2 aliphatic heterocycles. The van der Waals surface area contributed by atoms with E-state index in [9.17, 15) is 4.79 Å². The first-order chi connectivity index (χ1) is 12.7. The predicted molar refractivity (Wildman–Crippen MR) is 105 cm³/mol.